The molecule has 0 aromatic heterocycles. The van der Waals surface area contributed by atoms with Gasteiger partial charge in [0.2, 0.25) is 0 Å². The van der Waals surface area contributed by atoms with Gasteiger partial charge in [-0.2, -0.15) is 0 Å². The van der Waals surface area contributed by atoms with Gasteiger partial charge in [-0.15, -0.1) is 6.58 Å². The second kappa shape index (κ2) is 7.27. The van der Waals surface area contributed by atoms with Gasteiger partial charge >= 0.3 is 18.0 Å². The molecule has 7 heteroatoms. The molecule has 0 spiro atoms. The molecule has 0 heterocycles. The van der Waals surface area contributed by atoms with Crippen molar-refractivity contribution in [2.75, 3.05) is 6.54 Å². The van der Waals surface area contributed by atoms with E-state index in [9.17, 15) is 14.4 Å². The quantitative estimate of drug-likeness (QED) is 0.356. The minimum atomic E-state index is -1.43. The summed E-state index contributed by atoms with van der Waals surface area (Å²) < 4.78 is 0. The van der Waals surface area contributed by atoms with Crippen molar-refractivity contribution < 1.29 is 24.6 Å². The first-order chi connectivity index (χ1) is 7.47. The molecule has 0 radical (unpaired) electrons. The number of rotatable bonds is 7. The van der Waals surface area contributed by atoms with E-state index < -0.39 is 30.4 Å². The summed E-state index contributed by atoms with van der Waals surface area (Å²) in [5, 5.41) is 21.4. The van der Waals surface area contributed by atoms with E-state index in [0.29, 0.717) is 13.0 Å². The lowest BCUT2D eigenvalue weighted by Crippen LogP contribution is -2.47. The van der Waals surface area contributed by atoms with Gasteiger partial charge in [0.15, 0.2) is 0 Å². The van der Waals surface area contributed by atoms with E-state index in [1.165, 1.54) is 0 Å². The van der Waals surface area contributed by atoms with Crippen molar-refractivity contribution in [3.05, 3.63) is 12.7 Å². The first-order valence-electron chi connectivity index (χ1n) is 4.57. The number of carbonyl (C=O) groups is 3. The van der Waals surface area contributed by atoms with Crippen LogP contribution in [0.4, 0.5) is 4.79 Å². The van der Waals surface area contributed by atoms with Gasteiger partial charge in [0.1, 0.15) is 6.04 Å². The highest BCUT2D eigenvalue weighted by atomic mass is 16.4. The Hall–Kier alpha value is -2.05. The highest BCUT2D eigenvalue weighted by molar-refractivity contribution is 5.86. The minimum absolute atomic E-state index is 0.314. The number of nitrogens with one attached hydrogen (secondary N) is 2. The van der Waals surface area contributed by atoms with Crippen molar-refractivity contribution in [1.29, 1.82) is 0 Å². The molecular weight excluding hydrogens is 216 g/mol. The predicted octanol–water partition coefficient (Wildman–Crippen LogP) is -0.210. The molecule has 0 aliphatic carbocycles. The molecule has 90 valence electrons. The Bertz CT molecular complexity index is 290. The van der Waals surface area contributed by atoms with Crippen LogP contribution in [-0.2, 0) is 9.59 Å². The Balaban J connectivity index is 4.08. The molecule has 7 nitrogen and oxygen atoms in total. The van der Waals surface area contributed by atoms with Crippen LogP contribution >= 0.6 is 0 Å². The van der Waals surface area contributed by atoms with Crippen LogP contribution in [0.15, 0.2) is 12.7 Å². The normalized spacial score (nSPS) is 11.2. The second-order valence-corrected chi connectivity index (χ2v) is 2.97. The summed E-state index contributed by atoms with van der Waals surface area (Å²) >= 11 is 0. The maximum absolute atomic E-state index is 11.1. The van der Waals surface area contributed by atoms with Gasteiger partial charge in [-0.3, -0.25) is 4.79 Å². The molecule has 2 amide bonds. The van der Waals surface area contributed by atoms with E-state index in [-0.39, 0.29) is 0 Å². The van der Waals surface area contributed by atoms with E-state index in [1.54, 1.807) is 6.08 Å². The van der Waals surface area contributed by atoms with E-state index in [1.807, 2.05) is 5.32 Å². The number of carboxylic acids is 2. The van der Waals surface area contributed by atoms with E-state index in [4.69, 9.17) is 10.2 Å². The topological polar surface area (TPSA) is 116 Å². The van der Waals surface area contributed by atoms with Crippen molar-refractivity contribution in [2.45, 2.75) is 18.9 Å². The lowest BCUT2D eigenvalue weighted by Gasteiger charge is -2.12. The molecule has 1 atom stereocenters. The molecule has 0 fully saturated rings. The molecule has 0 aromatic carbocycles. The first kappa shape index (κ1) is 13.9. The van der Waals surface area contributed by atoms with Gasteiger partial charge in [0.05, 0.1) is 6.42 Å². The Morgan fingerprint density at radius 1 is 1.31 bits per heavy atom. The van der Waals surface area contributed by atoms with Crippen LogP contribution in [0, 0.1) is 0 Å². The summed E-state index contributed by atoms with van der Waals surface area (Å²) in [4.78, 5) is 32.0. The van der Waals surface area contributed by atoms with Crippen LogP contribution in [-0.4, -0.2) is 40.8 Å². The highest BCUT2D eigenvalue weighted by Gasteiger charge is 2.22. The summed E-state index contributed by atoms with van der Waals surface area (Å²) in [5.74, 6) is -2.68. The summed E-state index contributed by atoms with van der Waals surface area (Å²) in [5.41, 5.74) is 0. The number of hydrogen-bond acceptors (Lipinski definition) is 3. The Labute approximate surface area is 92.1 Å². The predicted molar refractivity (Wildman–Crippen MR) is 55.0 cm³/mol. The van der Waals surface area contributed by atoms with Gasteiger partial charge in [-0.25, -0.2) is 9.59 Å². The third-order valence-electron chi connectivity index (χ3n) is 1.62. The van der Waals surface area contributed by atoms with Crippen LogP contribution in [0.5, 0.6) is 0 Å². The SMILES string of the molecule is C=CCCNC(=O)N[C@@H](CC(=O)O)C(=O)O. The Morgan fingerprint density at radius 3 is 2.38 bits per heavy atom. The molecular formula is C9H14N2O5. The molecule has 0 saturated heterocycles. The number of aliphatic carboxylic acids is 2. The average Bonchev–Trinajstić information content (AvgIpc) is 2.16. The fraction of sp³-hybridized carbons (Fsp3) is 0.444. The van der Waals surface area contributed by atoms with Crippen LogP contribution < -0.4 is 10.6 Å². The lowest BCUT2D eigenvalue weighted by molar-refractivity contribution is -0.145. The number of amides is 2. The summed E-state index contributed by atoms with van der Waals surface area (Å²) in [6.45, 7) is 3.76. The number of carboxylic acid groups (broad SMARTS) is 2. The number of hydrogen-bond donors (Lipinski definition) is 4. The largest absolute Gasteiger partial charge is 0.481 e. The highest BCUT2D eigenvalue weighted by Crippen LogP contribution is 1.92. The van der Waals surface area contributed by atoms with Crippen LogP contribution in [0.3, 0.4) is 0 Å². The molecule has 0 aliphatic heterocycles. The number of carbonyl (C=O) groups excluding carboxylic acids is 1. The fourth-order valence-electron chi connectivity index (χ4n) is 0.872. The first-order valence-corrected chi connectivity index (χ1v) is 4.57. The van der Waals surface area contributed by atoms with Crippen LogP contribution in [0.25, 0.3) is 0 Å². The molecule has 0 aliphatic rings. The molecule has 0 aromatic rings. The number of urea groups is 1. The molecule has 4 N–H and O–H groups in total. The van der Waals surface area contributed by atoms with Crippen molar-refractivity contribution >= 4 is 18.0 Å². The van der Waals surface area contributed by atoms with E-state index in [0.717, 1.165) is 0 Å². The van der Waals surface area contributed by atoms with Crippen LogP contribution in [0.2, 0.25) is 0 Å². The van der Waals surface area contributed by atoms with E-state index >= 15 is 0 Å². The summed E-state index contributed by atoms with van der Waals surface area (Å²) in [6, 6.07) is -2.14. The van der Waals surface area contributed by atoms with Gasteiger partial charge in [0, 0.05) is 6.54 Å². The zero-order chi connectivity index (χ0) is 12.6. The smallest absolute Gasteiger partial charge is 0.326 e. The Morgan fingerprint density at radius 2 is 1.94 bits per heavy atom. The van der Waals surface area contributed by atoms with Crippen molar-refractivity contribution in [1.82, 2.24) is 10.6 Å². The van der Waals surface area contributed by atoms with Gasteiger partial charge in [-0.1, -0.05) is 6.08 Å². The zero-order valence-corrected chi connectivity index (χ0v) is 8.60. The summed E-state index contributed by atoms with van der Waals surface area (Å²) in [7, 11) is 0. The summed E-state index contributed by atoms with van der Waals surface area (Å²) in [6.07, 6.45) is 1.47. The maximum Gasteiger partial charge on any atom is 0.326 e. The third kappa shape index (κ3) is 6.41. The molecule has 16 heavy (non-hydrogen) atoms. The molecule has 0 rings (SSSR count). The van der Waals surface area contributed by atoms with Crippen molar-refractivity contribution in [2.24, 2.45) is 0 Å². The third-order valence-corrected chi connectivity index (χ3v) is 1.62. The monoisotopic (exact) mass is 230 g/mol. The van der Waals surface area contributed by atoms with Gasteiger partial charge < -0.3 is 20.8 Å². The Kier molecular flexibility index (Phi) is 6.34. The molecule has 0 unspecified atom stereocenters. The van der Waals surface area contributed by atoms with Crippen LogP contribution in [0.1, 0.15) is 12.8 Å². The minimum Gasteiger partial charge on any atom is -0.481 e. The van der Waals surface area contributed by atoms with E-state index in [2.05, 4.69) is 11.9 Å². The van der Waals surface area contributed by atoms with Gasteiger partial charge in [-0.05, 0) is 6.42 Å². The average molecular weight is 230 g/mol. The van der Waals surface area contributed by atoms with Crippen molar-refractivity contribution in [3.63, 3.8) is 0 Å². The zero-order valence-electron chi connectivity index (χ0n) is 8.60. The molecule has 0 bridgehead atoms. The standard InChI is InChI=1S/C9H14N2O5/c1-2-3-4-10-9(16)11-6(8(14)15)5-7(12)13/h2,6H,1,3-5H2,(H,12,13)(H,14,15)(H2,10,11,16)/t6-/m0/s1. The second-order valence-electron chi connectivity index (χ2n) is 2.97. The fourth-order valence-corrected chi connectivity index (χ4v) is 0.872. The molecule has 0 saturated carbocycles. The van der Waals surface area contributed by atoms with Gasteiger partial charge in [0.25, 0.3) is 0 Å². The van der Waals surface area contributed by atoms with Crippen molar-refractivity contribution in [3.8, 4) is 0 Å². The maximum atomic E-state index is 11.1. The lowest BCUT2D eigenvalue weighted by atomic mass is 10.2.